The lowest BCUT2D eigenvalue weighted by Gasteiger charge is -2.21. The predicted molar refractivity (Wildman–Crippen MR) is 92.0 cm³/mol. The predicted octanol–water partition coefficient (Wildman–Crippen LogP) is 3.27. The number of hydrogen-bond acceptors (Lipinski definition) is 4. The minimum absolute atomic E-state index is 0.129. The van der Waals surface area contributed by atoms with Crippen LogP contribution in [-0.4, -0.2) is 33.8 Å². The zero-order valence-corrected chi connectivity index (χ0v) is 14.8. The highest BCUT2D eigenvalue weighted by Crippen LogP contribution is 2.49. The molecule has 1 amide bonds. The van der Waals surface area contributed by atoms with E-state index in [1.807, 2.05) is 0 Å². The molecule has 2 saturated carbocycles. The van der Waals surface area contributed by atoms with Gasteiger partial charge in [-0.05, 0) is 43.4 Å². The summed E-state index contributed by atoms with van der Waals surface area (Å²) in [5.41, 5.74) is 0.475. The van der Waals surface area contributed by atoms with Gasteiger partial charge in [-0.3, -0.25) is 4.79 Å². The number of fused-ring (bicyclic) bond motifs is 2. The fraction of sp³-hybridized carbons (Fsp3) is 0.632. The second kappa shape index (κ2) is 7.32. The molecule has 1 aromatic carbocycles. The Balaban J connectivity index is 1.61. The highest BCUT2D eigenvalue weighted by molar-refractivity contribution is 5.97. The quantitative estimate of drug-likeness (QED) is 0.832. The van der Waals surface area contributed by atoms with E-state index < -0.39 is 0 Å². The van der Waals surface area contributed by atoms with Gasteiger partial charge in [0.25, 0.3) is 5.91 Å². The van der Waals surface area contributed by atoms with E-state index in [0.717, 1.165) is 24.2 Å². The summed E-state index contributed by atoms with van der Waals surface area (Å²) in [6.07, 6.45) is 6.62. The van der Waals surface area contributed by atoms with Crippen LogP contribution in [0.3, 0.4) is 0 Å². The van der Waals surface area contributed by atoms with Crippen LogP contribution in [0.2, 0.25) is 0 Å². The van der Waals surface area contributed by atoms with Gasteiger partial charge in [-0.1, -0.05) is 6.42 Å². The Kier molecular flexibility index (Phi) is 5.17. The van der Waals surface area contributed by atoms with Gasteiger partial charge in [0.05, 0.1) is 26.9 Å². The SMILES string of the molecule is COc1cc(OC)c(C(=O)NCCC2CC3CCC2C3)cc1OC. The van der Waals surface area contributed by atoms with Crippen LogP contribution in [0.5, 0.6) is 17.2 Å². The summed E-state index contributed by atoms with van der Waals surface area (Å²) in [5, 5.41) is 3.03. The van der Waals surface area contributed by atoms with E-state index in [2.05, 4.69) is 5.32 Å². The average molecular weight is 333 g/mol. The van der Waals surface area contributed by atoms with E-state index in [9.17, 15) is 4.79 Å². The van der Waals surface area contributed by atoms with E-state index >= 15 is 0 Å². The molecule has 5 nitrogen and oxygen atoms in total. The Morgan fingerprint density at radius 1 is 1.04 bits per heavy atom. The van der Waals surface area contributed by atoms with Crippen molar-refractivity contribution in [3.63, 3.8) is 0 Å². The van der Waals surface area contributed by atoms with Crippen LogP contribution < -0.4 is 19.5 Å². The third-order valence-corrected chi connectivity index (χ3v) is 5.64. The summed E-state index contributed by atoms with van der Waals surface area (Å²) in [4.78, 5) is 12.5. The normalized spacial score (nSPS) is 24.7. The number of carbonyl (C=O) groups is 1. The number of ether oxygens (including phenoxy) is 3. The monoisotopic (exact) mass is 333 g/mol. The molecule has 5 heteroatoms. The van der Waals surface area contributed by atoms with Gasteiger partial charge < -0.3 is 19.5 Å². The molecule has 132 valence electrons. The molecular weight excluding hydrogens is 306 g/mol. The molecule has 24 heavy (non-hydrogen) atoms. The van der Waals surface area contributed by atoms with Crippen LogP contribution >= 0.6 is 0 Å². The summed E-state index contributed by atoms with van der Waals surface area (Å²) < 4.78 is 15.9. The molecule has 2 bridgehead atoms. The Bertz CT molecular complexity index is 601. The molecule has 0 spiro atoms. The first kappa shape index (κ1) is 16.9. The lowest BCUT2D eigenvalue weighted by atomic mass is 9.86. The molecule has 0 radical (unpaired) electrons. The molecule has 3 rings (SSSR count). The molecule has 3 atom stereocenters. The molecule has 0 aromatic heterocycles. The molecule has 2 aliphatic carbocycles. The lowest BCUT2D eigenvalue weighted by Crippen LogP contribution is -2.27. The van der Waals surface area contributed by atoms with Crippen molar-refractivity contribution in [2.24, 2.45) is 17.8 Å². The smallest absolute Gasteiger partial charge is 0.255 e. The van der Waals surface area contributed by atoms with Crippen molar-refractivity contribution in [2.45, 2.75) is 32.1 Å². The van der Waals surface area contributed by atoms with Gasteiger partial charge in [0.2, 0.25) is 0 Å². The van der Waals surface area contributed by atoms with E-state index in [1.165, 1.54) is 25.7 Å². The van der Waals surface area contributed by atoms with Crippen LogP contribution in [0.15, 0.2) is 12.1 Å². The molecule has 2 aliphatic rings. The first-order chi connectivity index (χ1) is 11.7. The third kappa shape index (κ3) is 3.30. The second-order valence-electron chi connectivity index (χ2n) is 6.89. The standard InChI is InChI=1S/C19H27NO4/c1-22-16-11-18(24-3)17(23-2)10-15(16)19(21)20-7-6-14-9-12-4-5-13(14)8-12/h10-14H,4-9H2,1-3H3,(H,20,21). The van der Waals surface area contributed by atoms with Crippen LogP contribution in [-0.2, 0) is 0 Å². The Hall–Kier alpha value is -1.91. The molecular formula is C19H27NO4. The molecule has 2 fully saturated rings. The van der Waals surface area contributed by atoms with E-state index in [-0.39, 0.29) is 5.91 Å². The highest BCUT2D eigenvalue weighted by atomic mass is 16.5. The summed E-state index contributed by atoms with van der Waals surface area (Å²) >= 11 is 0. The summed E-state index contributed by atoms with van der Waals surface area (Å²) in [6, 6.07) is 3.36. The minimum Gasteiger partial charge on any atom is -0.496 e. The number of benzene rings is 1. The summed E-state index contributed by atoms with van der Waals surface area (Å²) in [7, 11) is 4.67. The van der Waals surface area contributed by atoms with E-state index in [0.29, 0.717) is 29.4 Å². The zero-order chi connectivity index (χ0) is 17.1. The third-order valence-electron chi connectivity index (χ3n) is 5.64. The summed E-state index contributed by atoms with van der Waals surface area (Å²) in [6.45, 7) is 0.713. The second-order valence-corrected chi connectivity index (χ2v) is 6.89. The van der Waals surface area contributed by atoms with Crippen LogP contribution in [0.25, 0.3) is 0 Å². The van der Waals surface area contributed by atoms with Gasteiger partial charge in [-0.2, -0.15) is 0 Å². The maximum atomic E-state index is 12.5. The van der Waals surface area contributed by atoms with Gasteiger partial charge in [0, 0.05) is 18.7 Å². The van der Waals surface area contributed by atoms with Gasteiger partial charge in [0.15, 0.2) is 11.5 Å². The molecule has 0 aliphatic heterocycles. The highest BCUT2D eigenvalue weighted by Gasteiger charge is 2.38. The minimum atomic E-state index is -0.129. The first-order valence-corrected chi connectivity index (χ1v) is 8.74. The zero-order valence-electron chi connectivity index (χ0n) is 14.8. The van der Waals surface area contributed by atoms with Gasteiger partial charge in [-0.15, -0.1) is 0 Å². The molecule has 0 heterocycles. The Labute approximate surface area is 143 Å². The van der Waals surface area contributed by atoms with Crippen molar-refractivity contribution in [1.82, 2.24) is 5.32 Å². The van der Waals surface area contributed by atoms with Crippen molar-refractivity contribution >= 4 is 5.91 Å². The number of nitrogens with one attached hydrogen (secondary N) is 1. The maximum absolute atomic E-state index is 12.5. The van der Waals surface area contributed by atoms with Crippen molar-refractivity contribution in [3.05, 3.63) is 17.7 Å². The van der Waals surface area contributed by atoms with Crippen LogP contribution in [0.4, 0.5) is 0 Å². The van der Waals surface area contributed by atoms with Crippen LogP contribution in [0.1, 0.15) is 42.5 Å². The lowest BCUT2D eigenvalue weighted by molar-refractivity contribution is 0.0946. The number of rotatable bonds is 7. The van der Waals surface area contributed by atoms with Crippen molar-refractivity contribution in [2.75, 3.05) is 27.9 Å². The summed E-state index contributed by atoms with van der Waals surface area (Å²) in [5.74, 6) is 4.06. The van der Waals surface area contributed by atoms with Crippen LogP contribution in [0, 0.1) is 17.8 Å². The van der Waals surface area contributed by atoms with Gasteiger partial charge in [-0.25, -0.2) is 0 Å². The molecule has 3 unspecified atom stereocenters. The van der Waals surface area contributed by atoms with E-state index in [4.69, 9.17) is 14.2 Å². The topological polar surface area (TPSA) is 56.8 Å². The Morgan fingerprint density at radius 2 is 1.75 bits per heavy atom. The molecule has 1 aromatic rings. The first-order valence-electron chi connectivity index (χ1n) is 8.74. The van der Waals surface area contributed by atoms with E-state index in [1.54, 1.807) is 33.5 Å². The number of carbonyl (C=O) groups excluding carboxylic acids is 1. The number of amides is 1. The number of hydrogen-bond donors (Lipinski definition) is 1. The molecule has 1 N–H and O–H groups in total. The fourth-order valence-corrected chi connectivity index (χ4v) is 4.40. The van der Waals surface area contributed by atoms with Crippen molar-refractivity contribution in [1.29, 1.82) is 0 Å². The van der Waals surface area contributed by atoms with Crippen molar-refractivity contribution in [3.8, 4) is 17.2 Å². The molecule has 0 saturated heterocycles. The average Bonchev–Trinajstić information content (AvgIpc) is 3.23. The van der Waals surface area contributed by atoms with Gasteiger partial charge in [0.1, 0.15) is 5.75 Å². The maximum Gasteiger partial charge on any atom is 0.255 e. The largest absolute Gasteiger partial charge is 0.496 e. The van der Waals surface area contributed by atoms with Crippen molar-refractivity contribution < 1.29 is 19.0 Å². The number of methoxy groups -OCH3 is 3. The fourth-order valence-electron chi connectivity index (χ4n) is 4.40. The van der Waals surface area contributed by atoms with Gasteiger partial charge >= 0.3 is 0 Å². The Morgan fingerprint density at radius 3 is 2.33 bits per heavy atom.